The molecule has 1 fully saturated rings. The van der Waals surface area contributed by atoms with Crippen molar-refractivity contribution in [3.8, 4) is 0 Å². The van der Waals surface area contributed by atoms with Gasteiger partial charge in [0.25, 0.3) is 5.91 Å². The van der Waals surface area contributed by atoms with Crippen LogP contribution in [0.15, 0.2) is 22.8 Å². The van der Waals surface area contributed by atoms with E-state index in [1.54, 1.807) is 6.07 Å². The third-order valence-corrected chi connectivity index (χ3v) is 4.75. The molecule has 1 aliphatic heterocycles. The standard InChI is InChI=1S/C12H16N2O5S/c15-11(14-9-4-7-20(17,18)8-9)3-5-13-12(16)10-2-1-6-19-10/h1-2,6,9H,3-5,7-8H2,(H,13,16)(H,14,15)/t9-/m0/s1. The topological polar surface area (TPSA) is 105 Å². The molecule has 1 aromatic heterocycles. The van der Waals surface area contributed by atoms with Gasteiger partial charge in [-0.3, -0.25) is 9.59 Å². The Morgan fingerprint density at radius 1 is 1.40 bits per heavy atom. The first-order chi connectivity index (χ1) is 9.46. The molecule has 0 spiro atoms. The van der Waals surface area contributed by atoms with E-state index in [4.69, 9.17) is 4.42 Å². The molecule has 2 heterocycles. The molecule has 2 amide bonds. The zero-order chi connectivity index (χ0) is 14.6. The molecule has 20 heavy (non-hydrogen) atoms. The maximum Gasteiger partial charge on any atom is 0.286 e. The van der Waals surface area contributed by atoms with E-state index in [0.29, 0.717) is 6.42 Å². The Kier molecular flexibility index (Phi) is 4.43. The number of furan rings is 1. The lowest BCUT2D eigenvalue weighted by Crippen LogP contribution is -2.37. The van der Waals surface area contributed by atoms with Gasteiger partial charge in [-0.25, -0.2) is 8.42 Å². The first-order valence-electron chi connectivity index (χ1n) is 6.28. The van der Waals surface area contributed by atoms with E-state index >= 15 is 0 Å². The summed E-state index contributed by atoms with van der Waals surface area (Å²) in [4.78, 5) is 23.1. The third kappa shape index (κ3) is 4.09. The van der Waals surface area contributed by atoms with Gasteiger partial charge in [0.15, 0.2) is 15.6 Å². The predicted molar refractivity (Wildman–Crippen MR) is 70.9 cm³/mol. The number of nitrogens with one attached hydrogen (secondary N) is 2. The number of carbonyl (C=O) groups is 2. The van der Waals surface area contributed by atoms with Gasteiger partial charge in [-0.2, -0.15) is 0 Å². The summed E-state index contributed by atoms with van der Waals surface area (Å²) in [6, 6.07) is 2.81. The molecule has 0 aliphatic carbocycles. The van der Waals surface area contributed by atoms with E-state index in [0.717, 1.165) is 0 Å². The van der Waals surface area contributed by atoms with Crippen LogP contribution in [0.25, 0.3) is 0 Å². The molecule has 1 aliphatic rings. The fourth-order valence-electron chi connectivity index (χ4n) is 1.99. The number of hydrogen-bond acceptors (Lipinski definition) is 5. The van der Waals surface area contributed by atoms with Crippen molar-refractivity contribution in [3.05, 3.63) is 24.2 Å². The fourth-order valence-corrected chi connectivity index (χ4v) is 3.67. The van der Waals surface area contributed by atoms with Crippen molar-refractivity contribution in [2.75, 3.05) is 18.1 Å². The van der Waals surface area contributed by atoms with Gasteiger partial charge in [-0.15, -0.1) is 0 Å². The smallest absolute Gasteiger partial charge is 0.286 e. The molecule has 1 atom stereocenters. The first kappa shape index (κ1) is 14.6. The van der Waals surface area contributed by atoms with Gasteiger partial charge >= 0.3 is 0 Å². The number of hydrogen-bond donors (Lipinski definition) is 2. The van der Waals surface area contributed by atoms with Crippen LogP contribution in [0.5, 0.6) is 0 Å². The molecule has 0 unspecified atom stereocenters. The van der Waals surface area contributed by atoms with E-state index in [-0.39, 0.29) is 48.1 Å². The lowest BCUT2D eigenvalue weighted by atomic mass is 10.2. The maximum atomic E-state index is 11.6. The van der Waals surface area contributed by atoms with Crippen molar-refractivity contribution in [1.29, 1.82) is 0 Å². The third-order valence-electron chi connectivity index (χ3n) is 2.98. The minimum absolute atomic E-state index is 0.00249. The summed E-state index contributed by atoms with van der Waals surface area (Å²) in [6.45, 7) is 0.171. The molecule has 0 bridgehead atoms. The second-order valence-electron chi connectivity index (χ2n) is 4.65. The summed E-state index contributed by atoms with van der Waals surface area (Å²) < 4.78 is 27.4. The Morgan fingerprint density at radius 3 is 2.80 bits per heavy atom. The summed E-state index contributed by atoms with van der Waals surface area (Å²) in [5, 5.41) is 5.20. The molecule has 110 valence electrons. The van der Waals surface area contributed by atoms with Crippen LogP contribution in [0.4, 0.5) is 0 Å². The predicted octanol–water partition coefficient (Wildman–Crippen LogP) is -0.297. The van der Waals surface area contributed by atoms with Gasteiger partial charge in [-0.05, 0) is 18.6 Å². The Hall–Kier alpha value is -1.83. The van der Waals surface area contributed by atoms with Crippen molar-refractivity contribution in [1.82, 2.24) is 10.6 Å². The van der Waals surface area contributed by atoms with Gasteiger partial charge < -0.3 is 15.1 Å². The van der Waals surface area contributed by atoms with Crippen LogP contribution < -0.4 is 10.6 Å². The van der Waals surface area contributed by atoms with E-state index in [2.05, 4.69) is 10.6 Å². The van der Waals surface area contributed by atoms with E-state index in [9.17, 15) is 18.0 Å². The highest BCUT2D eigenvalue weighted by Gasteiger charge is 2.28. The van der Waals surface area contributed by atoms with Crippen LogP contribution in [-0.4, -0.2) is 44.3 Å². The number of carbonyl (C=O) groups excluding carboxylic acids is 2. The highest BCUT2D eigenvalue weighted by Crippen LogP contribution is 2.11. The second-order valence-corrected chi connectivity index (χ2v) is 6.88. The van der Waals surface area contributed by atoms with E-state index in [1.807, 2.05) is 0 Å². The lowest BCUT2D eigenvalue weighted by molar-refractivity contribution is -0.121. The quantitative estimate of drug-likeness (QED) is 0.777. The van der Waals surface area contributed by atoms with Crippen LogP contribution in [-0.2, 0) is 14.6 Å². The van der Waals surface area contributed by atoms with Crippen LogP contribution in [0.1, 0.15) is 23.4 Å². The van der Waals surface area contributed by atoms with Gasteiger partial charge in [0.2, 0.25) is 5.91 Å². The average molecular weight is 300 g/mol. The van der Waals surface area contributed by atoms with Crippen molar-refractivity contribution in [2.24, 2.45) is 0 Å². The highest BCUT2D eigenvalue weighted by molar-refractivity contribution is 7.91. The Bertz CT molecular complexity index is 579. The van der Waals surface area contributed by atoms with Crippen molar-refractivity contribution in [3.63, 3.8) is 0 Å². The van der Waals surface area contributed by atoms with Gasteiger partial charge in [0, 0.05) is 19.0 Å². The minimum Gasteiger partial charge on any atom is -0.459 e. The van der Waals surface area contributed by atoms with Crippen LogP contribution in [0, 0.1) is 0 Å². The largest absolute Gasteiger partial charge is 0.459 e. The number of amides is 2. The molecule has 0 aromatic carbocycles. The molecule has 1 saturated heterocycles. The van der Waals surface area contributed by atoms with Gasteiger partial charge in [-0.1, -0.05) is 0 Å². The SMILES string of the molecule is O=C(CCNC(=O)c1ccco1)N[C@H]1CCS(=O)(=O)C1. The highest BCUT2D eigenvalue weighted by atomic mass is 32.2. The second kappa shape index (κ2) is 6.08. The summed E-state index contributed by atoms with van der Waals surface area (Å²) >= 11 is 0. The Labute approximate surface area is 116 Å². The fraction of sp³-hybridized carbons (Fsp3) is 0.500. The van der Waals surface area contributed by atoms with Crippen LogP contribution in [0.2, 0.25) is 0 Å². The molecule has 0 saturated carbocycles. The summed E-state index contributed by atoms with van der Waals surface area (Å²) in [6.07, 6.45) is 1.94. The molecule has 8 heteroatoms. The number of sulfone groups is 1. The van der Waals surface area contributed by atoms with Crippen molar-refractivity contribution < 1.29 is 22.4 Å². The average Bonchev–Trinajstić information content (AvgIpc) is 2.98. The van der Waals surface area contributed by atoms with Crippen LogP contribution >= 0.6 is 0 Å². The van der Waals surface area contributed by atoms with Crippen molar-refractivity contribution >= 4 is 21.7 Å². The normalized spacial score (nSPS) is 20.5. The molecular weight excluding hydrogens is 284 g/mol. The van der Waals surface area contributed by atoms with E-state index < -0.39 is 9.84 Å². The van der Waals surface area contributed by atoms with E-state index in [1.165, 1.54) is 12.3 Å². The molecule has 1 aromatic rings. The maximum absolute atomic E-state index is 11.6. The Morgan fingerprint density at radius 2 is 2.20 bits per heavy atom. The molecule has 7 nitrogen and oxygen atoms in total. The molecule has 0 radical (unpaired) electrons. The lowest BCUT2D eigenvalue weighted by Gasteiger charge is -2.10. The van der Waals surface area contributed by atoms with Gasteiger partial charge in [0.1, 0.15) is 0 Å². The monoisotopic (exact) mass is 300 g/mol. The van der Waals surface area contributed by atoms with Crippen molar-refractivity contribution in [2.45, 2.75) is 18.9 Å². The van der Waals surface area contributed by atoms with Crippen LogP contribution in [0.3, 0.4) is 0 Å². The summed E-state index contributed by atoms with van der Waals surface area (Å²) in [7, 11) is -3.00. The summed E-state index contributed by atoms with van der Waals surface area (Å²) in [5.41, 5.74) is 0. The van der Waals surface area contributed by atoms with Gasteiger partial charge in [0.05, 0.1) is 17.8 Å². The molecule has 2 rings (SSSR count). The molecular formula is C12H16N2O5S. The Balaban J connectivity index is 1.67. The zero-order valence-electron chi connectivity index (χ0n) is 10.8. The molecule has 2 N–H and O–H groups in total. The minimum atomic E-state index is -3.00. The zero-order valence-corrected chi connectivity index (χ0v) is 11.6. The summed E-state index contributed by atoms with van der Waals surface area (Å²) in [5.74, 6) is -0.351. The number of rotatable bonds is 5. The first-order valence-corrected chi connectivity index (χ1v) is 8.10.